The number of amides is 2. The van der Waals surface area contributed by atoms with Crippen LogP contribution in [0.15, 0.2) is 18.2 Å². The van der Waals surface area contributed by atoms with Crippen LogP contribution < -0.4 is 0 Å². The number of carbonyl (C=O) groups excluding carboxylic acids is 2. The fourth-order valence-corrected chi connectivity index (χ4v) is 4.50. The molecule has 1 aromatic heterocycles. The zero-order valence-corrected chi connectivity index (χ0v) is 16.2. The normalized spacial score (nSPS) is 22.6. The molecule has 0 unspecified atom stereocenters. The first-order chi connectivity index (χ1) is 13.0. The molecule has 0 aliphatic carbocycles. The second-order valence-electron chi connectivity index (χ2n) is 7.84. The van der Waals surface area contributed by atoms with Gasteiger partial charge in [-0.15, -0.1) is 0 Å². The van der Waals surface area contributed by atoms with Gasteiger partial charge in [-0.2, -0.15) is 0 Å². The smallest absolute Gasteiger partial charge is 0.270 e. The van der Waals surface area contributed by atoms with E-state index in [2.05, 4.69) is 18.0 Å². The quantitative estimate of drug-likeness (QED) is 0.900. The van der Waals surface area contributed by atoms with Crippen molar-refractivity contribution < 1.29 is 14.3 Å². The molecule has 0 spiro atoms. The Morgan fingerprint density at radius 3 is 2.85 bits per heavy atom. The number of piperidine rings is 1. The summed E-state index contributed by atoms with van der Waals surface area (Å²) >= 11 is 0. The average Bonchev–Trinajstić information content (AvgIpc) is 2.81. The number of fused-ring (bicyclic) bond motifs is 5. The van der Waals surface area contributed by atoms with Crippen LogP contribution in [0.5, 0.6) is 0 Å². The van der Waals surface area contributed by atoms with Crippen molar-refractivity contribution in [3.8, 4) is 0 Å². The lowest BCUT2D eigenvalue weighted by Gasteiger charge is -2.35. The SMILES string of the molecule is COCCN1C(=O)[C@@H]2CC[C@H]1CN(C(=O)c1[nH]c3ccc(C)cc3c1C)C2. The van der Waals surface area contributed by atoms with E-state index in [1.165, 1.54) is 5.56 Å². The molecule has 2 atom stereocenters. The number of rotatable bonds is 4. The van der Waals surface area contributed by atoms with Crippen molar-refractivity contribution in [1.82, 2.24) is 14.8 Å². The lowest BCUT2D eigenvalue weighted by Crippen LogP contribution is -2.49. The molecule has 144 valence electrons. The third kappa shape index (κ3) is 3.12. The lowest BCUT2D eigenvalue weighted by atomic mass is 9.94. The largest absolute Gasteiger partial charge is 0.383 e. The summed E-state index contributed by atoms with van der Waals surface area (Å²) in [5, 5.41) is 1.09. The third-order valence-electron chi connectivity index (χ3n) is 6.04. The van der Waals surface area contributed by atoms with E-state index in [1.54, 1.807) is 7.11 Å². The van der Waals surface area contributed by atoms with Gasteiger partial charge in [0, 0.05) is 43.7 Å². The zero-order valence-electron chi connectivity index (χ0n) is 16.2. The van der Waals surface area contributed by atoms with Gasteiger partial charge >= 0.3 is 0 Å². The molecule has 0 saturated carbocycles. The van der Waals surface area contributed by atoms with E-state index in [4.69, 9.17) is 4.74 Å². The van der Waals surface area contributed by atoms with Gasteiger partial charge in [-0.25, -0.2) is 0 Å². The molecule has 2 bridgehead atoms. The Morgan fingerprint density at radius 1 is 1.26 bits per heavy atom. The Balaban J connectivity index is 1.62. The Hall–Kier alpha value is -2.34. The minimum absolute atomic E-state index is 0.000329. The number of aromatic nitrogens is 1. The number of H-pyrrole nitrogens is 1. The molecule has 1 aromatic carbocycles. The number of benzene rings is 1. The van der Waals surface area contributed by atoms with Crippen LogP contribution in [-0.4, -0.2) is 66.0 Å². The highest BCUT2D eigenvalue weighted by molar-refractivity contribution is 6.01. The molecule has 3 saturated heterocycles. The summed E-state index contributed by atoms with van der Waals surface area (Å²) in [6.07, 6.45) is 1.82. The van der Waals surface area contributed by atoms with Crippen LogP contribution in [0.3, 0.4) is 0 Å². The van der Waals surface area contributed by atoms with Gasteiger partial charge in [0.2, 0.25) is 5.91 Å². The topological polar surface area (TPSA) is 65.6 Å². The molecule has 6 heteroatoms. The molecular formula is C21H27N3O3. The minimum atomic E-state index is -0.100. The molecule has 27 heavy (non-hydrogen) atoms. The van der Waals surface area contributed by atoms with E-state index in [1.807, 2.05) is 28.9 Å². The summed E-state index contributed by atoms with van der Waals surface area (Å²) in [4.78, 5) is 33.2. The Bertz CT molecular complexity index is 888. The van der Waals surface area contributed by atoms with E-state index in [-0.39, 0.29) is 23.8 Å². The maximum Gasteiger partial charge on any atom is 0.270 e. The van der Waals surface area contributed by atoms with E-state index < -0.39 is 0 Å². The van der Waals surface area contributed by atoms with Crippen molar-refractivity contribution in [2.75, 3.05) is 33.4 Å². The van der Waals surface area contributed by atoms with E-state index in [9.17, 15) is 9.59 Å². The van der Waals surface area contributed by atoms with E-state index in [0.717, 1.165) is 29.3 Å². The summed E-state index contributed by atoms with van der Waals surface area (Å²) in [5.74, 6) is 0.0683. The molecule has 4 heterocycles. The fraction of sp³-hybridized carbons (Fsp3) is 0.524. The van der Waals surface area contributed by atoms with Crippen LogP contribution in [0, 0.1) is 19.8 Å². The van der Waals surface area contributed by atoms with Gasteiger partial charge in [0.25, 0.3) is 5.91 Å². The van der Waals surface area contributed by atoms with Gasteiger partial charge in [0.15, 0.2) is 0 Å². The van der Waals surface area contributed by atoms with Crippen LogP contribution in [0.25, 0.3) is 10.9 Å². The molecule has 2 aromatic rings. The second kappa shape index (κ2) is 7.00. The van der Waals surface area contributed by atoms with Crippen LogP contribution in [0.2, 0.25) is 0 Å². The van der Waals surface area contributed by atoms with Crippen molar-refractivity contribution in [1.29, 1.82) is 0 Å². The third-order valence-corrected chi connectivity index (χ3v) is 6.04. The first-order valence-corrected chi connectivity index (χ1v) is 9.67. The van der Waals surface area contributed by atoms with E-state index in [0.29, 0.717) is 31.9 Å². The molecule has 1 N–H and O–H groups in total. The molecule has 3 aliphatic heterocycles. The van der Waals surface area contributed by atoms with Crippen molar-refractivity contribution in [2.45, 2.75) is 32.7 Å². The summed E-state index contributed by atoms with van der Waals surface area (Å²) in [6, 6.07) is 6.27. The number of hydrogen-bond acceptors (Lipinski definition) is 3. The number of hydrogen-bond donors (Lipinski definition) is 1. The number of ether oxygens (including phenoxy) is 1. The van der Waals surface area contributed by atoms with Crippen molar-refractivity contribution in [2.24, 2.45) is 5.92 Å². The Morgan fingerprint density at radius 2 is 2.07 bits per heavy atom. The second-order valence-corrected chi connectivity index (χ2v) is 7.84. The first kappa shape index (κ1) is 18.0. The summed E-state index contributed by atoms with van der Waals surface area (Å²) in [5.41, 5.74) is 3.79. The van der Waals surface area contributed by atoms with Gasteiger partial charge < -0.3 is 19.5 Å². The minimum Gasteiger partial charge on any atom is -0.383 e. The number of aryl methyl sites for hydroxylation is 2. The number of nitrogens with zero attached hydrogens (tertiary/aromatic N) is 2. The fourth-order valence-electron chi connectivity index (χ4n) is 4.50. The number of methoxy groups -OCH3 is 1. The highest BCUT2D eigenvalue weighted by Crippen LogP contribution is 2.31. The Labute approximate surface area is 159 Å². The van der Waals surface area contributed by atoms with Crippen molar-refractivity contribution in [3.05, 3.63) is 35.0 Å². The number of nitrogens with one attached hydrogen (secondary N) is 1. The maximum absolute atomic E-state index is 13.3. The van der Waals surface area contributed by atoms with Gasteiger partial charge in [0.1, 0.15) is 5.69 Å². The van der Waals surface area contributed by atoms with E-state index >= 15 is 0 Å². The molecule has 0 radical (unpaired) electrons. The van der Waals surface area contributed by atoms with Gasteiger partial charge in [-0.1, -0.05) is 11.6 Å². The van der Waals surface area contributed by atoms with Gasteiger partial charge in [-0.3, -0.25) is 9.59 Å². The first-order valence-electron chi connectivity index (χ1n) is 9.67. The average molecular weight is 369 g/mol. The standard InChI is InChI=1S/C21H27N3O3/c1-13-4-7-18-17(10-13)14(2)19(22-18)21(26)23-11-15-5-6-16(12-23)24(20(15)25)8-9-27-3/h4,7,10,15-16,22H,5-6,8-9,11-12H2,1-3H3/t15-,16+/m1/s1. The van der Waals surface area contributed by atoms with Crippen LogP contribution in [0.4, 0.5) is 0 Å². The van der Waals surface area contributed by atoms with Crippen LogP contribution in [0.1, 0.15) is 34.5 Å². The van der Waals surface area contributed by atoms with Crippen LogP contribution >= 0.6 is 0 Å². The maximum atomic E-state index is 13.3. The van der Waals surface area contributed by atoms with Crippen molar-refractivity contribution >= 4 is 22.7 Å². The zero-order chi connectivity index (χ0) is 19.1. The molecule has 6 nitrogen and oxygen atoms in total. The molecule has 5 rings (SSSR count). The highest BCUT2D eigenvalue weighted by Gasteiger charge is 2.42. The lowest BCUT2D eigenvalue weighted by molar-refractivity contribution is -0.140. The summed E-state index contributed by atoms with van der Waals surface area (Å²) in [7, 11) is 1.65. The number of carbonyl (C=O) groups is 2. The van der Waals surface area contributed by atoms with Gasteiger partial charge in [0.05, 0.1) is 12.5 Å². The predicted octanol–water partition coefficient (Wildman–Crippen LogP) is 2.49. The highest BCUT2D eigenvalue weighted by atomic mass is 16.5. The summed E-state index contributed by atoms with van der Waals surface area (Å²) in [6.45, 7) is 6.28. The number of aromatic amines is 1. The van der Waals surface area contributed by atoms with Crippen molar-refractivity contribution in [3.63, 3.8) is 0 Å². The molecule has 2 amide bonds. The molecule has 3 fully saturated rings. The Kier molecular flexibility index (Phi) is 4.68. The molecular weight excluding hydrogens is 342 g/mol. The summed E-state index contributed by atoms with van der Waals surface area (Å²) < 4.78 is 5.16. The van der Waals surface area contributed by atoms with Gasteiger partial charge in [-0.05, 0) is 44.4 Å². The molecule has 3 aliphatic rings. The predicted molar refractivity (Wildman–Crippen MR) is 104 cm³/mol. The van der Waals surface area contributed by atoms with Crippen LogP contribution in [-0.2, 0) is 9.53 Å². The monoisotopic (exact) mass is 369 g/mol.